The van der Waals surface area contributed by atoms with E-state index in [1.807, 2.05) is 0 Å². The van der Waals surface area contributed by atoms with E-state index in [0.717, 1.165) is 7.11 Å². The third-order valence-corrected chi connectivity index (χ3v) is 3.97. The van der Waals surface area contributed by atoms with E-state index in [9.17, 15) is 9.18 Å². The number of hydrogen-bond donors (Lipinski definition) is 1. The molecule has 26 heavy (non-hydrogen) atoms. The maximum atomic E-state index is 14.3. The summed E-state index contributed by atoms with van der Waals surface area (Å²) in [4.78, 5) is 20.5. The molecule has 1 aliphatic heterocycles. The van der Waals surface area contributed by atoms with E-state index < -0.39 is 11.8 Å². The van der Waals surface area contributed by atoms with Crippen LogP contribution >= 0.6 is 11.6 Å². The van der Waals surface area contributed by atoms with Crippen LogP contribution in [0.4, 0.5) is 10.1 Å². The summed E-state index contributed by atoms with van der Waals surface area (Å²) in [7, 11) is 1.16. The fraction of sp³-hybridized carbons (Fsp3) is 0.111. The van der Waals surface area contributed by atoms with Crippen molar-refractivity contribution in [3.63, 3.8) is 0 Å². The van der Waals surface area contributed by atoms with Crippen LogP contribution in [0, 0.1) is 5.82 Å². The van der Waals surface area contributed by atoms with Crippen molar-refractivity contribution in [1.29, 1.82) is 0 Å². The van der Waals surface area contributed by atoms with E-state index in [0.29, 0.717) is 22.0 Å². The quantitative estimate of drug-likeness (QED) is 0.387. The molecule has 0 fully saturated rings. The van der Waals surface area contributed by atoms with Gasteiger partial charge in [0.15, 0.2) is 0 Å². The van der Waals surface area contributed by atoms with Crippen molar-refractivity contribution in [1.82, 2.24) is 0 Å². The number of carbonyl (C=O) groups is 1. The van der Waals surface area contributed by atoms with Crippen molar-refractivity contribution < 1.29 is 19.1 Å². The topological polar surface area (TPSA) is 83.6 Å². The minimum atomic E-state index is -0.855. The first-order valence-electron chi connectivity index (χ1n) is 7.52. The summed E-state index contributed by atoms with van der Waals surface area (Å²) >= 11 is 6.09. The third-order valence-electron chi connectivity index (χ3n) is 3.74. The fourth-order valence-electron chi connectivity index (χ4n) is 2.54. The van der Waals surface area contributed by atoms with Crippen LogP contribution < -0.4 is 0 Å². The summed E-state index contributed by atoms with van der Waals surface area (Å²) in [6, 6.07) is 11.0. The molecule has 3 rings (SSSR count). The van der Waals surface area contributed by atoms with E-state index in [1.54, 1.807) is 36.4 Å². The molecule has 1 N–H and O–H groups in total. The van der Waals surface area contributed by atoms with Gasteiger partial charge in [0.2, 0.25) is 5.71 Å². The highest BCUT2D eigenvalue weighted by molar-refractivity contribution is 6.66. The summed E-state index contributed by atoms with van der Waals surface area (Å²) in [5.74, 6) is -1.31. The fourth-order valence-corrected chi connectivity index (χ4v) is 2.71. The summed E-state index contributed by atoms with van der Waals surface area (Å²) in [6.45, 7) is -0.107. The highest BCUT2D eigenvalue weighted by atomic mass is 35.5. The van der Waals surface area contributed by atoms with E-state index in [2.05, 4.69) is 19.9 Å². The molecule has 0 saturated heterocycles. The number of benzene rings is 2. The van der Waals surface area contributed by atoms with Gasteiger partial charge in [-0.2, -0.15) is 0 Å². The molecule has 2 aromatic carbocycles. The molecule has 0 unspecified atom stereocenters. The second-order valence-electron chi connectivity index (χ2n) is 5.30. The molecule has 0 saturated carbocycles. The van der Waals surface area contributed by atoms with Crippen LogP contribution in [-0.2, 0) is 9.53 Å². The van der Waals surface area contributed by atoms with Crippen LogP contribution in [0.2, 0.25) is 5.02 Å². The maximum absolute atomic E-state index is 14.3. The smallest absolute Gasteiger partial charge is 0.362 e. The highest BCUT2D eigenvalue weighted by Crippen LogP contribution is 2.29. The van der Waals surface area contributed by atoms with Gasteiger partial charge in [0.25, 0.3) is 0 Å². The Kier molecular flexibility index (Phi) is 5.09. The van der Waals surface area contributed by atoms with Gasteiger partial charge in [0.05, 0.1) is 30.8 Å². The molecule has 6 nitrogen and oxygen atoms in total. The number of esters is 1. The standard InChI is InChI=1S/C18H13ClFN3O3/c1-26-18(24)17(23-25)15-9-21-16(11-4-2-3-5-13(11)20)12-8-10(19)6-7-14(12)22-15/h2-8,25H,9H2,1H3. The molecule has 2 aromatic rings. The Bertz CT molecular complexity index is 970. The molecule has 0 spiro atoms. The van der Waals surface area contributed by atoms with Gasteiger partial charge in [-0.05, 0) is 30.3 Å². The average Bonchev–Trinajstić information content (AvgIpc) is 2.82. The monoisotopic (exact) mass is 373 g/mol. The van der Waals surface area contributed by atoms with Gasteiger partial charge in [0.1, 0.15) is 5.82 Å². The Labute approximate surface area is 153 Å². The zero-order valence-electron chi connectivity index (χ0n) is 13.6. The average molecular weight is 374 g/mol. The zero-order chi connectivity index (χ0) is 18.7. The predicted octanol–water partition coefficient (Wildman–Crippen LogP) is 3.41. The third kappa shape index (κ3) is 3.34. The van der Waals surface area contributed by atoms with Crippen molar-refractivity contribution in [2.45, 2.75) is 0 Å². The molecular weight excluding hydrogens is 361 g/mol. The summed E-state index contributed by atoms with van der Waals surface area (Å²) in [6.07, 6.45) is 0. The van der Waals surface area contributed by atoms with Crippen molar-refractivity contribution in [2.75, 3.05) is 13.7 Å². The van der Waals surface area contributed by atoms with Gasteiger partial charge >= 0.3 is 5.97 Å². The second-order valence-corrected chi connectivity index (χ2v) is 5.74. The normalized spacial score (nSPS) is 14.0. The number of hydrogen-bond acceptors (Lipinski definition) is 6. The number of ether oxygens (including phenoxy) is 1. The summed E-state index contributed by atoms with van der Waals surface area (Å²) < 4.78 is 18.9. The van der Waals surface area contributed by atoms with Gasteiger partial charge in [0, 0.05) is 16.1 Å². The zero-order valence-corrected chi connectivity index (χ0v) is 14.4. The van der Waals surface area contributed by atoms with E-state index >= 15 is 0 Å². The minimum absolute atomic E-state index is 0.0919. The number of oxime groups is 1. The first-order valence-corrected chi connectivity index (χ1v) is 7.90. The van der Waals surface area contributed by atoms with Gasteiger partial charge in [-0.1, -0.05) is 28.9 Å². The lowest BCUT2D eigenvalue weighted by atomic mass is 10.0. The van der Waals surface area contributed by atoms with Crippen molar-refractivity contribution in [3.8, 4) is 0 Å². The van der Waals surface area contributed by atoms with Gasteiger partial charge < -0.3 is 9.94 Å². The largest absolute Gasteiger partial charge is 0.464 e. The minimum Gasteiger partial charge on any atom is -0.464 e. The lowest BCUT2D eigenvalue weighted by molar-refractivity contribution is -0.132. The number of rotatable bonds is 3. The lowest BCUT2D eigenvalue weighted by Crippen LogP contribution is -2.27. The van der Waals surface area contributed by atoms with Gasteiger partial charge in [-0.3, -0.25) is 4.99 Å². The molecule has 0 radical (unpaired) electrons. The predicted molar refractivity (Wildman–Crippen MR) is 96.7 cm³/mol. The number of nitrogens with zero attached hydrogens (tertiary/aromatic N) is 3. The van der Waals surface area contributed by atoms with Crippen LogP contribution in [0.1, 0.15) is 11.1 Å². The Morgan fingerprint density at radius 2 is 2.04 bits per heavy atom. The maximum Gasteiger partial charge on any atom is 0.362 e. The second kappa shape index (κ2) is 7.45. The summed E-state index contributed by atoms with van der Waals surface area (Å²) in [5, 5.41) is 12.6. The first-order chi connectivity index (χ1) is 12.5. The molecule has 0 atom stereocenters. The van der Waals surface area contributed by atoms with Crippen molar-refractivity contribution in [2.24, 2.45) is 15.1 Å². The molecule has 0 amide bonds. The lowest BCUT2D eigenvalue weighted by Gasteiger charge is -2.09. The molecule has 0 bridgehead atoms. The van der Waals surface area contributed by atoms with E-state index in [-0.39, 0.29) is 23.5 Å². The molecule has 8 heteroatoms. The number of aliphatic imine (C=N–C) groups is 2. The van der Waals surface area contributed by atoms with E-state index in [1.165, 1.54) is 6.07 Å². The molecule has 0 aromatic heterocycles. The Balaban J connectivity index is 2.20. The van der Waals surface area contributed by atoms with Crippen molar-refractivity contribution in [3.05, 3.63) is 64.4 Å². The molecule has 132 valence electrons. The molecule has 1 heterocycles. The van der Waals surface area contributed by atoms with Crippen LogP contribution in [-0.4, -0.2) is 42.0 Å². The first kappa shape index (κ1) is 17.8. The SMILES string of the molecule is COC(=O)C(=NO)C1=Nc2ccc(Cl)cc2C(c2ccccc2F)=NC1. The van der Waals surface area contributed by atoms with Crippen LogP contribution in [0.3, 0.4) is 0 Å². The van der Waals surface area contributed by atoms with Crippen LogP contribution in [0.25, 0.3) is 0 Å². The van der Waals surface area contributed by atoms with Gasteiger partial charge in [-0.15, -0.1) is 0 Å². The van der Waals surface area contributed by atoms with Crippen LogP contribution in [0.5, 0.6) is 0 Å². The summed E-state index contributed by atoms with van der Waals surface area (Å²) in [5.41, 5.74) is 1.24. The Morgan fingerprint density at radius 3 is 2.73 bits per heavy atom. The molecular formula is C18H13ClFN3O3. The number of halogens is 2. The Hall–Kier alpha value is -3.06. The van der Waals surface area contributed by atoms with Gasteiger partial charge in [-0.25, -0.2) is 14.2 Å². The highest BCUT2D eigenvalue weighted by Gasteiger charge is 2.25. The molecule has 0 aliphatic carbocycles. The Morgan fingerprint density at radius 1 is 1.27 bits per heavy atom. The number of carbonyl (C=O) groups excluding carboxylic acids is 1. The molecule has 1 aliphatic rings. The van der Waals surface area contributed by atoms with E-state index in [4.69, 9.17) is 16.8 Å². The van der Waals surface area contributed by atoms with Crippen LogP contribution in [0.15, 0.2) is 57.6 Å². The van der Waals surface area contributed by atoms with Crippen molar-refractivity contribution >= 4 is 40.4 Å². The number of fused-ring (bicyclic) bond motifs is 1. The number of methoxy groups -OCH3 is 1.